The molecular weight excluding hydrogens is 388 g/mol. The summed E-state index contributed by atoms with van der Waals surface area (Å²) >= 11 is 0. The highest BCUT2D eigenvalue weighted by molar-refractivity contribution is 5.67. The molecule has 0 bridgehead atoms. The molecule has 0 amide bonds. The second-order valence-electron chi connectivity index (χ2n) is 6.72. The summed E-state index contributed by atoms with van der Waals surface area (Å²) in [5.74, 6) is 3.76. The molecule has 162 valence electrons. The van der Waals surface area contributed by atoms with Crippen LogP contribution >= 0.6 is 0 Å². The van der Waals surface area contributed by atoms with Crippen molar-refractivity contribution in [2.45, 2.75) is 18.9 Å². The first kappa shape index (κ1) is 21.5. The molecule has 0 radical (unpaired) electrons. The Morgan fingerprint density at radius 3 is 1.90 bits per heavy atom. The Kier molecular flexibility index (Phi) is 6.50. The van der Waals surface area contributed by atoms with Gasteiger partial charge in [0.1, 0.15) is 12.7 Å². The Bertz CT molecular complexity index is 897. The van der Waals surface area contributed by atoms with Gasteiger partial charge in [-0.05, 0) is 30.7 Å². The van der Waals surface area contributed by atoms with E-state index in [1.165, 1.54) is 0 Å². The third kappa shape index (κ3) is 3.56. The first-order valence-electron chi connectivity index (χ1n) is 9.53. The minimum atomic E-state index is -0.170. The molecule has 1 aliphatic heterocycles. The fourth-order valence-electron chi connectivity index (χ4n) is 3.83. The van der Waals surface area contributed by atoms with Crippen LogP contribution in [0, 0.1) is 0 Å². The monoisotopic (exact) mass is 416 g/mol. The summed E-state index contributed by atoms with van der Waals surface area (Å²) in [4.78, 5) is 0. The predicted octanol–water partition coefficient (Wildman–Crippen LogP) is 4.21. The van der Waals surface area contributed by atoms with Crippen molar-refractivity contribution in [3.05, 3.63) is 42.0 Å². The molecule has 2 atom stereocenters. The van der Waals surface area contributed by atoms with Crippen molar-refractivity contribution in [2.75, 3.05) is 42.2 Å². The fourth-order valence-corrected chi connectivity index (χ4v) is 3.83. The molecule has 2 aromatic rings. The lowest BCUT2D eigenvalue weighted by atomic mass is 9.88. The smallest absolute Gasteiger partial charge is 0.207 e. The Morgan fingerprint density at radius 2 is 1.40 bits per heavy atom. The quantitative estimate of drug-likeness (QED) is 0.568. The summed E-state index contributed by atoms with van der Waals surface area (Å²) in [6, 6.07) is 5.79. The van der Waals surface area contributed by atoms with Crippen molar-refractivity contribution in [3.8, 4) is 40.2 Å². The third-order valence-electron chi connectivity index (χ3n) is 5.11. The minimum Gasteiger partial charge on any atom is -0.493 e. The van der Waals surface area contributed by atoms with Gasteiger partial charge in [-0.15, -0.1) is 0 Å². The lowest BCUT2D eigenvalue weighted by molar-refractivity contribution is 0.224. The summed E-state index contributed by atoms with van der Waals surface area (Å²) in [5.41, 5.74) is 1.89. The van der Waals surface area contributed by atoms with Crippen molar-refractivity contribution >= 4 is 0 Å². The average molecular weight is 416 g/mol. The van der Waals surface area contributed by atoms with Crippen LogP contribution in [0.25, 0.3) is 0 Å². The van der Waals surface area contributed by atoms with E-state index in [0.29, 0.717) is 46.9 Å². The van der Waals surface area contributed by atoms with Crippen LogP contribution in [0.4, 0.5) is 0 Å². The van der Waals surface area contributed by atoms with E-state index in [0.717, 1.165) is 11.1 Å². The maximum absolute atomic E-state index is 6.22. The van der Waals surface area contributed by atoms with E-state index in [1.54, 1.807) is 41.6 Å². The van der Waals surface area contributed by atoms with Crippen molar-refractivity contribution in [1.29, 1.82) is 0 Å². The number of ether oxygens (including phenoxy) is 7. The van der Waals surface area contributed by atoms with Crippen LogP contribution in [0.15, 0.2) is 30.9 Å². The SMILES string of the molecule is C=CCOc1c(OC)cc2c(c1OC)OC(C)C2c1cc(OC)c(OC)c(OC)c1. The van der Waals surface area contributed by atoms with Gasteiger partial charge in [-0.3, -0.25) is 0 Å². The van der Waals surface area contributed by atoms with Gasteiger partial charge in [-0.25, -0.2) is 0 Å². The minimum absolute atomic E-state index is 0.107. The van der Waals surface area contributed by atoms with E-state index < -0.39 is 0 Å². The first-order valence-corrected chi connectivity index (χ1v) is 9.53. The summed E-state index contributed by atoms with van der Waals surface area (Å²) in [5, 5.41) is 0. The normalized spacial score (nSPS) is 16.9. The molecule has 1 aliphatic rings. The van der Waals surface area contributed by atoms with Gasteiger partial charge in [0.05, 0.1) is 35.5 Å². The maximum Gasteiger partial charge on any atom is 0.207 e. The number of rotatable bonds is 9. The largest absolute Gasteiger partial charge is 0.493 e. The van der Waals surface area contributed by atoms with Gasteiger partial charge < -0.3 is 33.2 Å². The van der Waals surface area contributed by atoms with Crippen LogP contribution in [-0.4, -0.2) is 48.3 Å². The van der Waals surface area contributed by atoms with Gasteiger partial charge in [0.25, 0.3) is 0 Å². The van der Waals surface area contributed by atoms with E-state index in [-0.39, 0.29) is 12.0 Å². The average Bonchev–Trinajstić information content (AvgIpc) is 3.10. The van der Waals surface area contributed by atoms with E-state index >= 15 is 0 Å². The summed E-state index contributed by atoms with van der Waals surface area (Å²) in [6.07, 6.45) is 1.49. The Hall–Kier alpha value is -3.22. The molecule has 7 heteroatoms. The predicted molar refractivity (Wildman–Crippen MR) is 113 cm³/mol. The maximum atomic E-state index is 6.22. The molecule has 7 nitrogen and oxygen atoms in total. The van der Waals surface area contributed by atoms with E-state index in [9.17, 15) is 0 Å². The Balaban J connectivity index is 2.19. The molecule has 0 aromatic heterocycles. The lowest BCUT2D eigenvalue weighted by Crippen LogP contribution is -2.15. The lowest BCUT2D eigenvalue weighted by Gasteiger charge is -2.20. The van der Waals surface area contributed by atoms with Crippen LogP contribution < -0.4 is 33.2 Å². The summed E-state index contributed by atoms with van der Waals surface area (Å²) in [6.45, 7) is 6.02. The third-order valence-corrected chi connectivity index (χ3v) is 5.11. The zero-order valence-corrected chi connectivity index (χ0v) is 18.2. The highest BCUT2D eigenvalue weighted by Gasteiger charge is 2.38. The molecule has 0 N–H and O–H groups in total. The van der Waals surface area contributed by atoms with E-state index in [4.69, 9.17) is 33.2 Å². The van der Waals surface area contributed by atoms with Crippen LogP contribution in [0.1, 0.15) is 24.0 Å². The van der Waals surface area contributed by atoms with Gasteiger partial charge >= 0.3 is 0 Å². The molecular formula is C23H28O7. The number of hydrogen-bond acceptors (Lipinski definition) is 7. The number of hydrogen-bond donors (Lipinski definition) is 0. The highest BCUT2D eigenvalue weighted by atomic mass is 16.6. The second kappa shape index (κ2) is 9.07. The Morgan fingerprint density at radius 1 is 0.833 bits per heavy atom. The van der Waals surface area contributed by atoms with Crippen LogP contribution in [-0.2, 0) is 0 Å². The van der Waals surface area contributed by atoms with Crippen LogP contribution in [0.2, 0.25) is 0 Å². The summed E-state index contributed by atoms with van der Waals surface area (Å²) in [7, 11) is 7.95. The summed E-state index contributed by atoms with van der Waals surface area (Å²) < 4.78 is 39.8. The molecule has 2 unspecified atom stereocenters. The molecule has 2 aromatic carbocycles. The number of methoxy groups -OCH3 is 5. The molecule has 3 rings (SSSR count). The molecule has 0 spiro atoms. The molecule has 30 heavy (non-hydrogen) atoms. The standard InChI is InChI=1S/C23H28O7/c1-8-9-29-22-18(26-5)12-15-19(13(2)30-20(15)23(22)28-7)14-10-16(24-3)21(27-6)17(11-14)25-4/h8,10-13,19H,1,9H2,2-7H3. The van der Waals surface area contributed by atoms with Gasteiger partial charge in [-0.1, -0.05) is 12.7 Å². The van der Waals surface area contributed by atoms with Gasteiger partial charge in [0.2, 0.25) is 17.2 Å². The molecule has 0 saturated heterocycles. The van der Waals surface area contributed by atoms with Crippen LogP contribution in [0.5, 0.6) is 40.2 Å². The molecule has 0 saturated carbocycles. The first-order chi connectivity index (χ1) is 14.5. The van der Waals surface area contributed by atoms with Gasteiger partial charge in [0.15, 0.2) is 23.0 Å². The van der Waals surface area contributed by atoms with E-state index in [2.05, 4.69) is 6.58 Å². The molecule has 1 heterocycles. The zero-order valence-electron chi connectivity index (χ0n) is 18.2. The van der Waals surface area contributed by atoms with Crippen LogP contribution in [0.3, 0.4) is 0 Å². The second-order valence-corrected chi connectivity index (χ2v) is 6.72. The van der Waals surface area contributed by atoms with Gasteiger partial charge in [-0.2, -0.15) is 0 Å². The van der Waals surface area contributed by atoms with Crippen molar-refractivity contribution in [3.63, 3.8) is 0 Å². The topological polar surface area (TPSA) is 64.6 Å². The zero-order chi connectivity index (χ0) is 21.8. The number of fused-ring (bicyclic) bond motifs is 1. The van der Waals surface area contributed by atoms with Gasteiger partial charge in [0, 0.05) is 11.5 Å². The van der Waals surface area contributed by atoms with Crippen molar-refractivity contribution < 1.29 is 33.2 Å². The highest BCUT2D eigenvalue weighted by Crippen LogP contribution is 2.55. The van der Waals surface area contributed by atoms with E-state index in [1.807, 2.05) is 25.1 Å². The van der Waals surface area contributed by atoms with Crippen molar-refractivity contribution in [2.24, 2.45) is 0 Å². The Labute approximate surface area is 177 Å². The van der Waals surface area contributed by atoms with Crippen molar-refractivity contribution in [1.82, 2.24) is 0 Å². The molecule has 0 fully saturated rings. The number of benzene rings is 2. The molecule has 0 aliphatic carbocycles. The fraction of sp³-hybridized carbons (Fsp3) is 0.391.